The number of nitrogens with zero attached hydrogens (tertiary/aromatic N) is 1. The highest BCUT2D eigenvalue weighted by atomic mass is 19.1. The number of benzene rings is 1. The van der Waals surface area contributed by atoms with Crippen molar-refractivity contribution in [2.24, 2.45) is 5.84 Å². The smallest absolute Gasteiger partial charge is 0.178 e. The van der Waals surface area contributed by atoms with Crippen molar-refractivity contribution in [3.63, 3.8) is 0 Å². The molecule has 7 heteroatoms. The highest BCUT2D eigenvalue weighted by molar-refractivity contribution is 5.47. The Labute approximate surface area is 120 Å². The molecule has 0 radical (unpaired) electrons. The molecule has 0 amide bonds. The van der Waals surface area contributed by atoms with Gasteiger partial charge < -0.3 is 10.7 Å². The second kappa shape index (κ2) is 6.01. The summed E-state index contributed by atoms with van der Waals surface area (Å²) in [6.07, 6.45) is 0. The summed E-state index contributed by atoms with van der Waals surface area (Å²) in [7, 11) is 0. The molecule has 2 rings (SSSR count). The van der Waals surface area contributed by atoms with Gasteiger partial charge in [-0.15, -0.1) is 0 Å². The van der Waals surface area contributed by atoms with Gasteiger partial charge in [-0.2, -0.15) is 0 Å². The molecule has 4 nitrogen and oxygen atoms in total. The van der Waals surface area contributed by atoms with Crippen LogP contribution in [0.1, 0.15) is 16.7 Å². The predicted octanol–water partition coefficient (Wildman–Crippen LogP) is 3.01. The number of nitrogen functional groups attached to an aromatic ring is 1. The van der Waals surface area contributed by atoms with Gasteiger partial charge in [0, 0.05) is 12.6 Å². The minimum atomic E-state index is -0.881. The van der Waals surface area contributed by atoms with Crippen molar-refractivity contribution < 1.29 is 13.2 Å². The maximum atomic E-state index is 13.6. The van der Waals surface area contributed by atoms with Gasteiger partial charge in [-0.1, -0.05) is 12.1 Å². The third kappa shape index (κ3) is 3.25. The van der Waals surface area contributed by atoms with Gasteiger partial charge in [-0.05, 0) is 30.5 Å². The van der Waals surface area contributed by atoms with Gasteiger partial charge in [-0.25, -0.2) is 24.0 Å². The van der Waals surface area contributed by atoms with E-state index < -0.39 is 11.6 Å². The molecule has 1 aromatic carbocycles. The number of nitrogens with two attached hydrogens (primary N) is 1. The molecule has 112 valence electrons. The Morgan fingerprint density at radius 1 is 1.00 bits per heavy atom. The van der Waals surface area contributed by atoms with Crippen LogP contribution in [-0.2, 0) is 6.54 Å². The maximum Gasteiger partial charge on any atom is 0.178 e. The lowest BCUT2D eigenvalue weighted by atomic mass is 10.1. The summed E-state index contributed by atoms with van der Waals surface area (Å²) in [4.78, 5) is 3.70. The maximum absolute atomic E-state index is 13.6. The van der Waals surface area contributed by atoms with E-state index in [4.69, 9.17) is 5.84 Å². The zero-order chi connectivity index (χ0) is 15.6. The van der Waals surface area contributed by atoms with Crippen molar-refractivity contribution in [1.29, 1.82) is 0 Å². The van der Waals surface area contributed by atoms with Crippen LogP contribution < -0.4 is 16.6 Å². The lowest BCUT2D eigenvalue weighted by Crippen LogP contribution is -2.13. The highest BCUT2D eigenvalue weighted by Gasteiger charge is 2.11. The predicted molar refractivity (Wildman–Crippen MR) is 75.2 cm³/mol. The fourth-order valence-corrected chi connectivity index (χ4v) is 2.02. The second-order valence-electron chi connectivity index (χ2n) is 4.69. The number of anilines is 2. The number of aromatic nitrogens is 1. The first-order valence-corrected chi connectivity index (χ1v) is 6.24. The monoisotopic (exact) mass is 296 g/mol. The van der Waals surface area contributed by atoms with Gasteiger partial charge in [0.25, 0.3) is 0 Å². The van der Waals surface area contributed by atoms with Crippen molar-refractivity contribution >= 4 is 11.6 Å². The van der Waals surface area contributed by atoms with E-state index in [0.29, 0.717) is 17.2 Å². The number of nitrogens with one attached hydrogen (secondary N) is 2. The number of aryl methyl sites for hydroxylation is 2. The molecule has 4 N–H and O–H groups in total. The van der Waals surface area contributed by atoms with Crippen LogP contribution in [0, 0.1) is 31.3 Å². The highest BCUT2D eigenvalue weighted by Crippen LogP contribution is 2.20. The van der Waals surface area contributed by atoms with Crippen LogP contribution in [0.4, 0.5) is 24.8 Å². The summed E-state index contributed by atoms with van der Waals surface area (Å²) in [6, 6.07) is 3.99. The molecule has 1 heterocycles. The summed E-state index contributed by atoms with van der Waals surface area (Å²) < 4.78 is 40.4. The molecule has 0 unspecified atom stereocenters. The van der Waals surface area contributed by atoms with Crippen LogP contribution in [0.15, 0.2) is 18.2 Å². The topological polar surface area (TPSA) is 63.0 Å². The summed E-state index contributed by atoms with van der Waals surface area (Å²) in [6.45, 7) is 3.53. The Morgan fingerprint density at radius 3 is 2.14 bits per heavy atom. The second-order valence-corrected chi connectivity index (χ2v) is 4.69. The first-order valence-electron chi connectivity index (χ1n) is 6.24. The van der Waals surface area contributed by atoms with E-state index >= 15 is 0 Å². The molecule has 0 aliphatic carbocycles. The van der Waals surface area contributed by atoms with E-state index in [0.717, 1.165) is 5.56 Å². The lowest BCUT2D eigenvalue weighted by molar-refractivity contribution is 0.578. The third-order valence-corrected chi connectivity index (χ3v) is 3.02. The molecule has 0 aliphatic heterocycles. The molecule has 0 atom stereocenters. The normalized spacial score (nSPS) is 10.6. The van der Waals surface area contributed by atoms with Gasteiger partial charge in [0.2, 0.25) is 0 Å². The average molecular weight is 296 g/mol. The number of hydrazine groups is 1. The summed E-state index contributed by atoms with van der Waals surface area (Å²) in [5.74, 6) is 2.72. The van der Waals surface area contributed by atoms with E-state index in [1.54, 1.807) is 26.0 Å². The summed E-state index contributed by atoms with van der Waals surface area (Å²) >= 11 is 0. The zero-order valence-electron chi connectivity index (χ0n) is 11.6. The van der Waals surface area contributed by atoms with Crippen LogP contribution in [0.3, 0.4) is 0 Å². The SMILES string of the molecule is Cc1cc(CNc2nc(NN)c(F)cc2F)cc(C)c1F. The molecule has 0 saturated carbocycles. The third-order valence-electron chi connectivity index (χ3n) is 3.02. The molecule has 0 aliphatic rings. The van der Waals surface area contributed by atoms with Gasteiger partial charge in [0.1, 0.15) is 5.82 Å². The average Bonchev–Trinajstić information content (AvgIpc) is 2.43. The molecular formula is C14H15F3N4. The molecule has 0 fully saturated rings. The van der Waals surface area contributed by atoms with Crippen LogP contribution in [0.2, 0.25) is 0 Å². The van der Waals surface area contributed by atoms with Crippen LogP contribution in [0.25, 0.3) is 0 Å². The molecule has 1 aromatic heterocycles. The quantitative estimate of drug-likeness (QED) is 0.599. The van der Waals surface area contributed by atoms with Crippen molar-refractivity contribution in [3.05, 3.63) is 52.3 Å². The van der Waals surface area contributed by atoms with Crippen LogP contribution in [-0.4, -0.2) is 4.98 Å². The van der Waals surface area contributed by atoms with E-state index in [9.17, 15) is 13.2 Å². The molecule has 0 spiro atoms. The molecule has 0 bridgehead atoms. The van der Waals surface area contributed by atoms with E-state index in [2.05, 4.69) is 10.3 Å². The summed E-state index contributed by atoms with van der Waals surface area (Å²) in [5, 5.41) is 2.73. The Hall–Kier alpha value is -2.28. The first kappa shape index (κ1) is 15.1. The van der Waals surface area contributed by atoms with Gasteiger partial charge in [0.15, 0.2) is 23.3 Å². The van der Waals surface area contributed by atoms with Gasteiger partial charge in [-0.3, -0.25) is 0 Å². The van der Waals surface area contributed by atoms with Crippen molar-refractivity contribution in [2.45, 2.75) is 20.4 Å². The van der Waals surface area contributed by atoms with Crippen molar-refractivity contribution in [2.75, 3.05) is 10.7 Å². The van der Waals surface area contributed by atoms with Crippen molar-refractivity contribution in [3.8, 4) is 0 Å². The van der Waals surface area contributed by atoms with Gasteiger partial charge in [0.05, 0.1) is 0 Å². The standard InChI is InChI=1S/C14H15F3N4/c1-7-3-9(4-8(2)12(7)17)6-19-13-10(15)5-11(16)14(20-13)21-18/h3-5H,6,18H2,1-2H3,(H2,19,20,21). The van der Waals surface area contributed by atoms with Crippen molar-refractivity contribution in [1.82, 2.24) is 4.98 Å². The van der Waals surface area contributed by atoms with Crippen LogP contribution >= 0.6 is 0 Å². The number of hydrogen-bond donors (Lipinski definition) is 3. The van der Waals surface area contributed by atoms with Gasteiger partial charge >= 0.3 is 0 Å². The molecule has 2 aromatic rings. The molecular weight excluding hydrogens is 281 g/mol. The minimum Gasteiger partial charge on any atom is -0.363 e. The molecule has 21 heavy (non-hydrogen) atoms. The number of pyridine rings is 1. The summed E-state index contributed by atoms with van der Waals surface area (Å²) in [5.41, 5.74) is 3.81. The first-order chi connectivity index (χ1) is 9.92. The zero-order valence-corrected chi connectivity index (χ0v) is 11.6. The largest absolute Gasteiger partial charge is 0.363 e. The Balaban J connectivity index is 2.20. The number of hydrogen-bond acceptors (Lipinski definition) is 4. The molecule has 0 saturated heterocycles. The van der Waals surface area contributed by atoms with Crippen LogP contribution in [0.5, 0.6) is 0 Å². The lowest BCUT2D eigenvalue weighted by Gasteiger charge is -2.11. The minimum absolute atomic E-state index is 0.135. The number of halogens is 3. The van der Waals surface area contributed by atoms with E-state index in [1.165, 1.54) is 0 Å². The Morgan fingerprint density at radius 2 is 1.57 bits per heavy atom. The Bertz CT molecular complexity index is 651. The fourth-order valence-electron chi connectivity index (χ4n) is 2.02. The van der Waals surface area contributed by atoms with E-state index in [1.807, 2.05) is 5.43 Å². The number of rotatable bonds is 4. The fraction of sp³-hybridized carbons (Fsp3) is 0.214. The Kier molecular flexibility index (Phi) is 4.32. The van der Waals surface area contributed by atoms with E-state index in [-0.39, 0.29) is 24.0 Å².